The Kier molecular flexibility index (Phi) is 5.46. The molecule has 0 saturated heterocycles. The number of anilines is 1. The number of rotatable bonds is 6. The fraction of sp³-hybridized carbons (Fsp3) is 0.357. The predicted octanol–water partition coefficient (Wildman–Crippen LogP) is 2.10. The van der Waals surface area contributed by atoms with Crippen LogP contribution in [0.4, 0.5) is 5.69 Å². The van der Waals surface area contributed by atoms with Crippen LogP contribution in [0.15, 0.2) is 28.9 Å². The van der Waals surface area contributed by atoms with E-state index in [2.05, 4.69) is 36.9 Å². The summed E-state index contributed by atoms with van der Waals surface area (Å²) >= 11 is 3.43. The van der Waals surface area contributed by atoms with E-state index in [1.54, 1.807) is 6.20 Å². The van der Waals surface area contributed by atoms with Gasteiger partial charge in [0, 0.05) is 16.7 Å². The highest BCUT2D eigenvalue weighted by molar-refractivity contribution is 9.10. The van der Waals surface area contributed by atoms with E-state index in [1.165, 1.54) is 4.68 Å². The number of aryl methyl sites for hydroxylation is 1. The summed E-state index contributed by atoms with van der Waals surface area (Å²) in [6, 6.07) is 5.68. The van der Waals surface area contributed by atoms with Gasteiger partial charge in [-0.1, -0.05) is 28.1 Å². The van der Waals surface area contributed by atoms with E-state index in [9.17, 15) is 4.79 Å². The number of hydrogen-bond acceptors (Lipinski definition) is 4. The molecule has 1 amide bonds. The molecular formula is C14H18BrN5O. The number of benzene rings is 1. The highest BCUT2D eigenvalue weighted by atomic mass is 79.9. The predicted molar refractivity (Wildman–Crippen MR) is 84.9 cm³/mol. The van der Waals surface area contributed by atoms with E-state index < -0.39 is 0 Å². The van der Waals surface area contributed by atoms with Crippen molar-refractivity contribution in [3.05, 3.63) is 40.1 Å². The van der Waals surface area contributed by atoms with Crippen molar-refractivity contribution in [2.24, 2.45) is 0 Å². The molecule has 0 saturated carbocycles. The van der Waals surface area contributed by atoms with Gasteiger partial charge >= 0.3 is 0 Å². The summed E-state index contributed by atoms with van der Waals surface area (Å²) in [4.78, 5) is 12.0. The van der Waals surface area contributed by atoms with Gasteiger partial charge in [0.05, 0.1) is 11.9 Å². The summed E-state index contributed by atoms with van der Waals surface area (Å²) in [6.07, 6.45) is 1.77. The minimum atomic E-state index is -0.128. The van der Waals surface area contributed by atoms with E-state index in [0.717, 1.165) is 28.0 Å². The van der Waals surface area contributed by atoms with Gasteiger partial charge < -0.3 is 10.6 Å². The number of amides is 1. The van der Waals surface area contributed by atoms with Crippen LogP contribution in [0.3, 0.4) is 0 Å². The van der Waals surface area contributed by atoms with E-state index in [1.807, 2.05) is 32.0 Å². The van der Waals surface area contributed by atoms with Crippen LogP contribution in [-0.2, 0) is 17.9 Å². The highest BCUT2D eigenvalue weighted by Crippen LogP contribution is 2.19. The molecule has 2 aromatic rings. The van der Waals surface area contributed by atoms with Gasteiger partial charge in [-0.25, -0.2) is 4.68 Å². The monoisotopic (exact) mass is 351 g/mol. The molecule has 0 aliphatic carbocycles. The SMILES string of the molecule is CCNCc1cn(CC(=O)Nc2ccc(Br)c(C)c2)nn1. The minimum absolute atomic E-state index is 0.128. The van der Waals surface area contributed by atoms with Gasteiger partial charge in [0.25, 0.3) is 0 Å². The average Bonchev–Trinajstić information content (AvgIpc) is 2.88. The Morgan fingerprint density at radius 1 is 1.43 bits per heavy atom. The summed E-state index contributed by atoms with van der Waals surface area (Å²) in [5.74, 6) is -0.128. The number of carbonyl (C=O) groups is 1. The number of aromatic nitrogens is 3. The molecule has 6 nitrogen and oxygen atoms in total. The normalized spacial score (nSPS) is 10.6. The third-order valence-electron chi connectivity index (χ3n) is 2.89. The molecule has 21 heavy (non-hydrogen) atoms. The van der Waals surface area contributed by atoms with Crippen molar-refractivity contribution < 1.29 is 4.79 Å². The van der Waals surface area contributed by atoms with Gasteiger partial charge in [-0.2, -0.15) is 0 Å². The van der Waals surface area contributed by atoms with Crippen molar-refractivity contribution in [2.45, 2.75) is 26.9 Å². The molecule has 0 spiro atoms. The van der Waals surface area contributed by atoms with E-state index >= 15 is 0 Å². The molecule has 1 aromatic carbocycles. The second-order valence-corrected chi connectivity index (χ2v) is 5.55. The first-order chi connectivity index (χ1) is 10.1. The van der Waals surface area contributed by atoms with Crippen LogP contribution < -0.4 is 10.6 Å². The summed E-state index contributed by atoms with van der Waals surface area (Å²) in [6.45, 7) is 5.68. The molecule has 0 radical (unpaired) electrons. The van der Waals surface area contributed by atoms with Gasteiger partial charge in [0.1, 0.15) is 6.54 Å². The summed E-state index contributed by atoms with van der Waals surface area (Å²) in [5, 5.41) is 14.0. The van der Waals surface area contributed by atoms with Crippen molar-refractivity contribution >= 4 is 27.5 Å². The smallest absolute Gasteiger partial charge is 0.246 e. The first-order valence-electron chi connectivity index (χ1n) is 6.74. The van der Waals surface area contributed by atoms with Crippen molar-refractivity contribution in [3.8, 4) is 0 Å². The summed E-state index contributed by atoms with van der Waals surface area (Å²) in [7, 11) is 0. The summed E-state index contributed by atoms with van der Waals surface area (Å²) in [5.41, 5.74) is 2.67. The van der Waals surface area contributed by atoms with Crippen molar-refractivity contribution in [1.82, 2.24) is 20.3 Å². The van der Waals surface area contributed by atoms with Crippen LogP contribution in [0, 0.1) is 6.92 Å². The Morgan fingerprint density at radius 3 is 2.95 bits per heavy atom. The van der Waals surface area contributed by atoms with E-state index in [-0.39, 0.29) is 12.5 Å². The fourth-order valence-electron chi connectivity index (χ4n) is 1.82. The molecule has 2 N–H and O–H groups in total. The van der Waals surface area contributed by atoms with Crippen LogP contribution in [-0.4, -0.2) is 27.4 Å². The average molecular weight is 352 g/mol. The van der Waals surface area contributed by atoms with Gasteiger partial charge in [-0.3, -0.25) is 4.79 Å². The Hall–Kier alpha value is -1.73. The van der Waals surface area contributed by atoms with Crippen LogP contribution in [0.2, 0.25) is 0 Å². The van der Waals surface area contributed by atoms with Gasteiger partial charge in [-0.05, 0) is 37.2 Å². The molecule has 0 atom stereocenters. The molecule has 0 fully saturated rings. The van der Waals surface area contributed by atoms with Gasteiger partial charge in [0.2, 0.25) is 5.91 Å². The molecule has 0 aliphatic rings. The molecule has 7 heteroatoms. The third kappa shape index (κ3) is 4.64. The van der Waals surface area contributed by atoms with Crippen LogP contribution in [0.5, 0.6) is 0 Å². The van der Waals surface area contributed by atoms with E-state index in [0.29, 0.717) is 6.54 Å². The van der Waals surface area contributed by atoms with Gasteiger partial charge in [0.15, 0.2) is 0 Å². The molecule has 1 aromatic heterocycles. The Labute approximate surface area is 132 Å². The van der Waals surface area contributed by atoms with Crippen LogP contribution in [0.25, 0.3) is 0 Å². The first kappa shape index (κ1) is 15.7. The zero-order chi connectivity index (χ0) is 15.2. The molecule has 1 heterocycles. The number of halogens is 1. The van der Waals surface area contributed by atoms with Crippen LogP contribution >= 0.6 is 15.9 Å². The minimum Gasteiger partial charge on any atom is -0.324 e. The number of nitrogens with zero attached hydrogens (tertiary/aromatic N) is 3. The molecule has 0 bridgehead atoms. The largest absolute Gasteiger partial charge is 0.324 e. The maximum atomic E-state index is 12.0. The maximum Gasteiger partial charge on any atom is 0.246 e. The standard InChI is InChI=1S/C14H18BrN5O/c1-3-16-7-12-8-20(19-18-12)9-14(21)17-11-4-5-13(15)10(2)6-11/h4-6,8,16H,3,7,9H2,1-2H3,(H,17,21). The highest BCUT2D eigenvalue weighted by Gasteiger charge is 2.07. The lowest BCUT2D eigenvalue weighted by Crippen LogP contribution is -2.19. The van der Waals surface area contributed by atoms with E-state index in [4.69, 9.17) is 0 Å². The molecular weight excluding hydrogens is 334 g/mol. The second-order valence-electron chi connectivity index (χ2n) is 4.70. The lowest BCUT2D eigenvalue weighted by atomic mass is 10.2. The lowest BCUT2D eigenvalue weighted by molar-refractivity contribution is -0.116. The topological polar surface area (TPSA) is 71.8 Å². The quantitative estimate of drug-likeness (QED) is 0.835. The number of hydrogen-bond donors (Lipinski definition) is 2. The van der Waals surface area contributed by atoms with Crippen LogP contribution in [0.1, 0.15) is 18.2 Å². The van der Waals surface area contributed by atoms with Crippen molar-refractivity contribution in [2.75, 3.05) is 11.9 Å². The molecule has 2 rings (SSSR count). The molecule has 0 unspecified atom stereocenters. The molecule has 112 valence electrons. The fourth-order valence-corrected chi connectivity index (χ4v) is 2.07. The van der Waals surface area contributed by atoms with Gasteiger partial charge in [-0.15, -0.1) is 5.10 Å². The first-order valence-corrected chi connectivity index (χ1v) is 7.53. The van der Waals surface area contributed by atoms with Crippen molar-refractivity contribution in [1.29, 1.82) is 0 Å². The Bertz CT molecular complexity index is 626. The molecule has 0 aliphatic heterocycles. The van der Waals surface area contributed by atoms with Crippen molar-refractivity contribution in [3.63, 3.8) is 0 Å². The third-order valence-corrected chi connectivity index (χ3v) is 3.78. The lowest BCUT2D eigenvalue weighted by Gasteiger charge is -2.06. The zero-order valence-electron chi connectivity index (χ0n) is 12.1. The Morgan fingerprint density at radius 2 is 2.24 bits per heavy atom. The Balaban J connectivity index is 1.91. The maximum absolute atomic E-state index is 12.0. The number of nitrogens with one attached hydrogen (secondary N) is 2. The number of carbonyl (C=O) groups excluding carboxylic acids is 1. The second kappa shape index (κ2) is 7.33. The zero-order valence-corrected chi connectivity index (χ0v) is 13.6. The summed E-state index contributed by atoms with van der Waals surface area (Å²) < 4.78 is 2.55.